The Balaban J connectivity index is 1.28. The third-order valence-corrected chi connectivity index (χ3v) is 6.40. The molecular weight excluding hydrogens is 406 g/mol. The van der Waals surface area contributed by atoms with Gasteiger partial charge in [-0.25, -0.2) is 0 Å². The molecule has 0 aliphatic carbocycles. The quantitative estimate of drug-likeness (QED) is 0.724. The van der Waals surface area contributed by atoms with Crippen molar-refractivity contribution in [2.45, 2.75) is 50.5 Å². The Morgan fingerprint density at radius 3 is 2.34 bits per heavy atom. The zero-order valence-corrected chi connectivity index (χ0v) is 18.3. The van der Waals surface area contributed by atoms with Crippen molar-refractivity contribution in [1.82, 2.24) is 25.5 Å². The van der Waals surface area contributed by atoms with Crippen LogP contribution >= 0.6 is 0 Å². The highest BCUT2D eigenvalue weighted by Gasteiger charge is 2.26. The van der Waals surface area contributed by atoms with Crippen LogP contribution < -0.4 is 10.6 Å². The third-order valence-electron chi connectivity index (χ3n) is 6.40. The molecule has 2 N–H and O–H groups in total. The highest BCUT2D eigenvalue weighted by molar-refractivity contribution is 5.92. The first-order chi connectivity index (χ1) is 15.5. The number of likely N-dealkylation sites (tertiary alicyclic amines) is 1. The van der Waals surface area contributed by atoms with E-state index in [1.807, 2.05) is 29.3 Å². The van der Waals surface area contributed by atoms with Gasteiger partial charge in [0.15, 0.2) is 0 Å². The van der Waals surface area contributed by atoms with E-state index in [0.29, 0.717) is 24.5 Å². The zero-order chi connectivity index (χ0) is 22.5. The molecule has 2 fully saturated rings. The predicted molar refractivity (Wildman–Crippen MR) is 120 cm³/mol. The minimum absolute atomic E-state index is 0.0963. The molecule has 2 aromatic rings. The van der Waals surface area contributed by atoms with Crippen LogP contribution in [-0.2, 0) is 9.59 Å². The van der Waals surface area contributed by atoms with Gasteiger partial charge in [0.2, 0.25) is 11.8 Å². The Hall–Kier alpha value is -3.29. The molecule has 0 aromatic carbocycles. The highest BCUT2D eigenvalue weighted by Crippen LogP contribution is 2.28. The van der Waals surface area contributed by atoms with Gasteiger partial charge < -0.3 is 15.5 Å². The fraction of sp³-hybridized carbons (Fsp3) is 0.458. The average Bonchev–Trinajstić information content (AvgIpc) is 3.27. The maximum Gasteiger partial charge on any atom is 0.269 e. The van der Waals surface area contributed by atoms with Gasteiger partial charge in [-0.1, -0.05) is 12.1 Å². The second-order valence-electron chi connectivity index (χ2n) is 8.48. The molecule has 0 bridgehead atoms. The van der Waals surface area contributed by atoms with Gasteiger partial charge >= 0.3 is 0 Å². The molecule has 2 saturated heterocycles. The molecule has 2 aliphatic heterocycles. The molecule has 0 spiro atoms. The summed E-state index contributed by atoms with van der Waals surface area (Å²) in [5.41, 5.74) is 3.30. The average molecular weight is 436 g/mol. The largest absolute Gasteiger partial charge is 0.354 e. The summed E-state index contributed by atoms with van der Waals surface area (Å²) in [6.45, 7) is 1.49. The second-order valence-corrected chi connectivity index (χ2v) is 8.48. The molecule has 4 rings (SSSR count). The van der Waals surface area contributed by atoms with E-state index in [1.54, 1.807) is 19.3 Å². The fourth-order valence-corrected chi connectivity index (χ4v) is 4.42. The Bertz CT molecular complexity index is 966. The summed E-state index contributed by atoms with van der Waals surface area (Å²) >= 11 is 0. The molecule has 8 nitrogen and oxygen atoms in total. The number of hydrogen-bond acceptors (Lipinski definition) is 5. The van der Waals surface area contributed by atoms with Crippen LogP contribution in [0.4, 0.5) is 0 Å². The van der Waals surface area contributed by atoms with E-state index in [0.717, 1.165) is 55.6 Å². The van der Waals surface area contributed by atoms with Crippen molar-refractivity contribution in [2.75, 3.05) is 20.1 Å². The Morgan fingerprint density at radius 1 is 1.06 bits per heavy atom. The van der Waals surface area contributed by atoms with E-state index in [-0.39, 0.29) is 23.8 Å². The number of nitrogens with zero attached hydrogens (tertiary/aromatic N) is 3. The lowest BCUT2D eigenvalue weighted by molar-refractivity contribution is -0.132. The number of hydrogen-bond donors (Lipinski definition) is 2. The van der Waals surface area contributed by atoms with Crippen LogP contribution in [0.3, 0.4) is 0 Å². The van der Waals surface area contributed by atoms with Crippen molar-refractivity contribution in [3.8, 4) is 11.1 Å². The topological polar surface area (TPSA) is 104 Å². The van der Waals surface area contributed by atoms with Crippen molar-refractivity contribution in [3.63, 3.8) is 0 Å². The summed E-state index contributed by atoms with van der Waals surface area (Å²) < 4.78 is 0. The van der Waals surface area contributed by atoms with Gasteiger partial charge in [0.25, 0.3) is 5.91 Å². The van der Waals surface area contributed by atoms with Crippen LogP contribution in [0.2, 0.25) is 0 Å². The molecule has 0 radical (unpaired) electrons. The summed E-state index contributed by atoms with van der Waals surface area (Å²) in [7, 11) is 1.58. The van der Waals surface area contributed by atoms with E-state index in [9.17, 15) is 14.4 Å². The van der Waals surface area contributed by atoms with Crippen LogP contribution in [0.5, 0.6) is 0 Å². The molecule has 2 aliphatic rings. The molecule has 4 heterocycles. The van der Waals surface area contributed by atoms with Crippen LogP contribution in [0.15, 0.2) is 36.7 Å². The van der Waals surface area contributed by atoms with Crippen molar-refractivity contribution in [3.05, 3.63) is 48.0 Å². The molecule has 32 heavy (non-hydrogen) atoms. The van der Waals surface area contributed by atoms with E-state index in [2.05, 4.69) is 20.6 Å². The SMILES string of the molecule is CNC(=O)c1ccc(-c2ccc(C3CCN(C(=O)CC[C@H]4CCC(=O)N4)CC3)nc2)cn1. The lowest BCUT2D eigenvalue weighted by Crippen LogP contribution is -2.38. The number of piperidine rings is 1. The van der Waals surface area contributed by atoms with Crippen molar-refractivity contribution in [1.29, 1.82) is 0 Å². The first kappa shape index (κ1) is 21.9. The fourth-order valence-electron chi connectivity index (χ4n) is 4.42. The van der Waals surface area contributed by atoms with Crippen LogP contribution in [0.1, 0.15) is 60.6 Å². The number of amides is 3. The smallest absolute Gasteiger partial charge is 0.269 e. The Morgan fingerprint density at radius 2 is 1.78 bits per heavy atom. The number of carbonyl (C=O) groups excluding carboxylic acids is 3. The molecular formula is C24H29N5O3. The number of carbonyl (C=O) groups is 3. The Kier molecular flexibility index (Phi) is 6.78. The van der Waals surface area contributed by atoms with Gasteiger partial charge in [0, 0.05) is 74.2 Å². The van der Waals surface area contributed by atoms with Crippen LogP contribution in [-0.4, -0.2) is 58.8 Å². The number of aromatic nitrogens is 2. The third kappa shape index (κ3) is 5.12. The highest BCUT2D eigenvalue weighted by atomic mass is 16.2. The van der Waals surface area contributed by atoms with Gasteiger partial charge in [0.1, 0.15) is 5.69 Å². The van der Waals surface area contributed by atoms with Crippen LogP contribution in [0.25, 0.3) is 11.1 Å². The van der Waals surface area contributed by atoms with Gasteiger partial charge in [-0.3, -0.25) is 24.4 Å². The van der Waals surface area contributed by atoms with Crippen molar-refractivity contribution in [2.24, 2.45) is 0 Å². The zero-order valence-electron chi connectivity index (χ0n) is 18.3. The first-order valence-electron chi connectivity index (χ1n) is 11.2. The van der Waals surface area contributed by atoms with E-state index in [4.69, 9.17) is 0 Å². The number of nitrogens with one attached hydrogen (secondary N) is 2. The summed E-state index contributed by atoms with van der Waals surface area (Å²) in [6, 6.07) is 7.81. The molecule has 0 saturated carbocycles. The summed E-state index contributed by atoms with van der Waals surface area (Å²) in [5, 5.41) is 5.49. The van der Waals surface area contributed by atoms with Crippen LogP contribution in [0, 0.1) is 0 Å². The van der Waals surface area contributed by atoms with Gasteiger partial charge in [0.05, 0.1) is 0 Å². The lowest BCUT2D eigenvalue weighted by atomic mass is 9.92. The summed E-state index contributed by atoms with van der Waals surface area (Å²) in [4.78, 5) is 46.3. The van der Waals surface area contributed by atoms with E-state index < -0.39 is 0 Å². The standard InChI is InChI=1S/C24H29N5O3/c1-25-24(32)21-7-3-18(15-27-21)17-2-6-20(26-14-17)16-10-12-29(13-11-16)23(31)9-5-19-4-8-22(30)28-19/h2-3,6-7,14-16,19H,4-5,8-13H2,1H3,(H,25,32)(H,28,30)/t19-/m1/s1. The van der Waals surface area contributed by atoms with E-state index in [1.165, 1.54) is 0 Å². The normalized spacial score (nSPS) is 19.0. The minimum Gasteiger partial charge on any atom is -0.354 e. The maximum absolute atomic E-state index is 12.5. The number of pyridine rings is 2. The molecule has 0 unspecified atom stereocenters. The molecule has 1 atom stereocenters. The second kappa shape index (κ2) is 9.89. The first-order valence-corrected chi connectivity index (χ1v) is 11.2. The van der Waals surface area contributed by atoms with E-state index >= 15 is 0 Å². The lowest BCUT2D eigenvalue weighted by Gasteiger charge is -2.32. The van der Waals surface area contributed by atoms with Crippen molar-refractivity contribution >= 4 is 17.7 Å². The Labute approximate surface area is 187 Å². The molecule has 3 amide bonds. The summed E-state index contributed by atoms with van der Waals surface area (Å²) in [5.74, 6) is 0.413. The summed E-state index contributed by atoms with van der Waals surface area (Å²) in [6.07, 6.45) is 7.97. The predicted octanol–water partition coefficient (Wildman–Crippen LogP) is 2.27. The molecule has 2 aromatic heterocycles. The van der Waals surface area contributed by atoms with Gasteiger partial charge in [-0.15, -0.1) is 0 Å². The van der Waals surface area contributed by atoms with Gasteiger partial charge in [-0.05, 0) is 37.8 Å². The van der Waals surface area contributed by atoms with Crippen molar-refractivity contribution < 1.29 is 14.4 Å². The molecule has 168 valence electrons. The van der Waals surface area contributed by atoms with Gasteiger partial charge in [-0.2, -0.15) is 0 Å². The monoisotopic (exact) mass is 435 g/mol. The number of rotatable bonds is 6. The molecule has 8 heteroatoms. The minimum atomic E-state index is -0.208. The maximum atomic E-state index is 12.5.